The van der Waals surface area contributed by atoms with Crippen molar-refractivity contribution in [3.8, 4) is 0 Å². The second-order valence-electron chi connectivity index (χ2n) is 5.11. The minimum Gasteiger partial charge on any atom is -0.463 e. The Kier molecular flexibility index (Phi) is 5.87. The van der Waals surface area contributed by atoms with Gasteiger partial charge in [-0.05, 0) is 5.56 Å². The molecule has 0 radical (unpaired) electrons. The highest BCUT2D eigenvalue weighted by Gasteiger charge is 2.45. The van der Waals surface area contributed by atoms with Crippen molar-refractivity contribution in [2.24, 2.45) is 0 Å². The highest BCUT2D eigenvalue weighted by molar-refractivity contribution is 5.65. The average molecular weight is 312 g/mol. The maximum absolute atomic E-state index is 10.8. The molecular formula is C15H20O7. The van der Waals surface area contributed by atoms with Crippen LogP contribution < -0.4 is 0 Å². The molecule has 0 unspecified atom stereocenters. The first-order chi connectivity index (χ1) is 10.5. The van der Waals surface area contributed by atoms with Gasteiger partial charge in [0.15, 0.2) is 6.29 Å². The number of rotatable bonds is 5. The molecule has 2 rings (SSSR count). The van der Waals surface area contributed by atoms with Gasteiger partial charge in [-0.15, -0.1) is 0 Å². The second-order valence-corrected chi connectivity index (χ2v) is 5.11. The van der Waals surface area contributed by atoms with Gasteiger partial charge in [0.25, 0.3) is 0 Å². The summed E-state index contributed by atoms with van der Waals surface area (Å²) >= 11 is 0. The molecule has 7 heteroatoms. The van der Waals surface area contributed by atoms with Crippen LogP contribution in [0.3, 0.4) is 0 Å². The molecule has 0 amide bonds. The van der Waals surface area contributed by atoms with Crippen LogP contribution in [0.25, 0.3) is 0 Å². The number of esters is 1. The first kappa shape index (κ1) is 16.9. The van der Waals surface area contributed by atoms with E-state index in [-0.39, 0.29) is 13.2 Å². The van der Waals surface area contributed by atoms with Crippen molar-refractivity contribution in [3.05, 3.63) is 35.9 Å². The second kappa shape index (κ2) is 7.66. The van der Waals surface area contributed by atoms with Crippen molar-refractivity contribution in [3.63, 3.8) is 0 Å². The minimum atomic E-state index is -1.52. The van der Waals surface area contributed by atoms with Gasteiger partial charge in [0.05, 0.1) is 6.61 Å². The fraction of sp³-hybridized carbons (Fsp3) is 0.533. The molecule has 122 valence electrons. The highest BCUT2D eigenvalue weighted by atomic mass is 16.7. The standard InChI is InChI=1S/C15H20O7/c1-9(16)20-8-11-12(17)14(13(18)15(19)22-11)21-7-10-5-3-2-4-6-10/h2-6,11-15,17-19H,7-8H2,1H3/t11-,12+,13-,14+,15+/m1/s1. The predicted molar refractivity (Wildman–Crippen MR) is 74.5 cm³/mol. The average Bonchev–Trinajstić information content (AvgIpc) is 2.50. The minimum absolute atomic E-state index is 0.159. The number of aliphatic hydroxyl groups excluding tert-OH is 3. The van der Waals surface area contributed by atoms with Gasteiger partial charge in [0, 0.05) is 6.92 Å². The molecule has 0 saturated carbocycles. The van der Waals surface area contributed by atoms with Gasteiger partial charge in [-0.2, -0.15) is 0 Å². The van der Waals surface area contributed by atoms with E-state index in [9.17, 15) is 20.1 Å². The highest BCUT2D eigenvalue weighted by Crippen LogP contribution is 2.23. The number of hydrogen-bond acceptors (Lipinski definition) is 7. The summed E-state index contributed by atoms with van der Waals surface area (Å²) in [5.41, 5.74) is 0.861. The predicted octanol–water partition coefficient (Wildman–Crippen LogP) is -0.426. The monoisotopic (exact) mass is 312 g/mol. The molecule has 0 bridgehead atoms. The van der Waals surface area contributed by atoms with Crippen molar-refractivity contribution >= 4 is 5.97 Å². The van der Waals surface area contributed by atoms with E-state index in [1.54, 1.807) is 0 Å². The zero-order valence-electron chi connectivity index (χ0n) is 12.2. The summed E-state index contributed by atoms with van der Waals surface area (Å²) in [5, 5.41) is 29.8. The molecule has 7 nitrogen and oxygen atoms in total. The lowest BCUT2D eigenvalue weighted by Gasteiger charge is -2.40. The maximum atomic E-state index is 10.8. The van der Waals surface area contributed by atoms with E-state index in [2.05, 4.69) is 0 Å². The molecule has 3 N–H and O–H groups in total. The fourth-order valence-electron chi connectivity index (χ4n) is 2.22. The molecule has 1 aliphatic heterocycles. The largest absolute Gasteiger partial charge is 0.463 e. The van der Waals surface area contributed by atoms with Crippen molar-refractivity contribution in [2.75, 3.05) is 6.61 Å². The number of aliphatic hydroxyl groups is 3. The Labute approximate surface area is 128 Å². The van der Waals surface area contributed by atoms with Crippen molar-refractivity contribution in [1.29, 1.82) is 0 Å². The number of carbonyl (C=O) groups is 1. The Balaban J connectivity index is 1.98. The van der Waals surface area contributed by atoms with Gasteiger partial charge < -0.3 is 29.5 Å². The van der Waals surface area contributed by atoms with Crippen LogP contribution >= 0.6 is 0 Å². The molecule has 1 aliphatic rings. The molecule has 1 aromatic rings. The fourth-order valence-corrected chi connectivity index (χ4v) is 2.22. The summed E-state index contributed by atoms with van der Waals surface area (Å²) in [6.07, 6.45) is -6.17. The van der Waals surface area contributed by atoms with Gasteiger partial charge in [-0.3, -0.25) is 4.79 Å². The van der Waals surface area contributed by atoms with Gasteiger partial charge in [-0.25, -0.2) is 0 Å². The van der Waals surface area contributed by atoms with E-state index in [0.717, 1.165) is 5.56 Å². The molecule has 0 aliphatic carbocycles. The number of carbonyl (C=O) groups excluding carboxylic acids is 1. The third-order valence-corrected chi connectivity index (χ3v) is 3.40. The molecule has 0 aromatic heterocycles. The Morgan fingerprint density at radius 1 is 1.18 bits per heavy atom. The number of hydrogen-bond donors (Lipinski definition) is 3. The van der Waals surface area contributed by atoms with Crippen LogP contribution in [0.2, 0.25) is 0 Å². The molecule has 5 atom stereocenters. The van der Waals surface area contributed by atoms with Crippen molar-refractivity contribution in [2.45, 2.75) is 44.2 Å². The van der Waals surface area contributed by atoms with Gasteiger partial charge in [0.1, 0.15) is 31.0 Å². The van der Waals surface area contributed by atoms with E-state index in [1.165, 1.54) is 6.92 Å². The van der Waals surface area contributed by atoms with Crippen LogP contribution in [-0.2, 0) is 25.6 Å². The summed E-state index contributed by atoms with van der Waals surface area (Å²) in [6, 6.07) is 9.22. The maximum Gasteiger partial charge on any atom is 0.302 e. The lowest BCUT2D eigenvalue weighted by atomic mass is 9.99. The summed E-state index contributed by atoms with van der Waals surface area (Å²) in [7, 11) is 0. The zero-order chi connectivity index (χ0) is 16.1. The summed E-state index contributed by atoms with van der Waals surface area (Å²) < 4.78 is 15.3. The first-order valence-corrected chi connectivity index (χ1v) is 6.97. The Morgan fingerprint density at radius 2 is 1.86 bits per heavy atom. The van der Waals surface area contributed by atoms with E-state index in [4.69, 9.17) is 14.2 Å². The summed E-state index contributed by atoms with van der Waals surface area (Å²) in [5.74, 6) is -0.529. The number of benzene rings is 1. The topological polar surface area (TPSA) is 105 Å². The van der Waals surface area contributed by atoms with E-state index >= 15 is 0 Å². The molecule has 1 saturated heterocycles. The molecule has 1 aromatic carbocycles. The van der Waals surface area contributed by atoms with Gasteiger partial charge >= 0.3 is 5.97 Å². The van der Waals surface area contributed by atoms with Crippen LogP contribution in [-0.4, -0.2) is 58.6 Å². The smallest absolute Gasteiger partial charge is 0.302 e. The van der Waals surface area contributed by atoms with E-state index in [1.807, 2.05) is 30.3 Å². The van der Waals surface area contributed by atoms with Crippen molar-refractivity contribution < 1.29 is 34.3 Å². The third-order valence-electron chi connectivity index (χ3n) is 3.40. The van der Waals surface area contributed by atoms with Gasteiger partial charge in [0.2, 0.25) is 0 Å². The Morgan fingerprint density at radius 3 is 2.50 bits per heavy atom. The molecule has 22 heavy (non-hydrogen) atoms. The van der Waals surface area contributed by atoms with E-state index in [0.29, 0.717) is 0 Å². The lowest BCUT2D eigenvalue weighted by Crippen LogP contribution is -2.59. The lowest BCUT2D eigenvalue weighted by molar-refractivity contribution is -0.296. The van der Waals surface area contributed by atoms with Gasteiger partial charge in [-0.1, -0.05) is 30.3 Å². The SMILES string of the molecule is CC(=O)OC[C@H]1O[C@H](O)[C@H](O)[C@@H](OCc2ccccc2)[C@H]1O. The zero-order valence-corrected chi connectivity index (χ0v) is 12.2. The first-order valence-electron chi connectivity index (χ1n) is 6.97. The third kappa shape index (κ3) is 4.25. The Bertz CT molecular complexity index is 478. The summed E-state index contributed by atoms with van der Waals surface area (Å²) in [4.78, 5) is 10.8. The molecular weight excluding hydrogens is 292 g/mol. The van der Waals surface area contributed by atoms with Crippen LogP contribution in [0.4, 0.5) is 0 Å². The quantitative estimate of drug-likeness (QED) is 0.634. The van der Waals surface area contributed by atoms with Crippen LogP contribution in [0.15, 0.2) is 30.3 Å². The van der Waals surface area contributed by atoms with Crippen LogP contribution in [0, 0.1) is 0 Å². The van der Waals surface area contributed by atoms with Crippen molar-refractivity contribution in [1.82, 2.24) is 0 Å². The normalized spacial score (nSPS) is 31.7. The van der Waals surface area contributed by atoms with Crippen LogP contribution in [0.5, 0.6) is 0 Å². The summed E-state index contributed by atoms with van der Waals surface area (Å²) in [6.45, 7) is 1.15. The van der Waals surface area contributed by atoms with Crippen LogP contribution in [0.1, 0.15) is 12.5 Å². The molecule has 1 fully saturated rings. The molecule has 0 spiro atoms. The number of ether oxygens (including phenoxy) is 3. The Hall–Kier alpha value is -1.51. The van der Waals surface area contributed by atoms with E-state index < -0.39 is 36.7 Å². The molecule has 1 heterocycles.